The van der Waals surface area contributed by atoms with Gasteiger partial charge in [-0.25, -0.2) is 0 Å². The zero-order valence-electron chi connectivity index (χ0n) is 26.9. The van der Waals surface area contributed by atoms with E-state index in [1.807, 2.05) is 0 Å². The highest BCUT2D eigenvalue weighted by atomic mass is 15.3. The van der Waals surface area contributed by atoms with Crippen LogP contribution in [0.2, 0.25) is 0 Å². The Labute approximate surface area is 278 Å². The molecule has 1 N–H and O–H groups in total. The summed E-state index contributed by atoms with van der Waals surface area (Å²) in [6.07, 6.45) is 9.49. The van der Waals surface area contributed by atoms with Crippen LogP contribution in [0.25, 0.3) is 0 Å². The van der Waals surface area contributed by atoms with E-state index in [0.717, 1.165) is 24.8 Å². The van der Waals surface area contributed by atoms with Gasteiger partial charge in [-0.1, -0.05) is 86.0 Å². The summed E-state index contributed by atoms with van der Waals surface area (Å²) in [5.41, 5.74) is 13.6. The standard InChI is InChI=1S/C43H42N4/c1-3-12-32(13-4-1)45-26-25-31-27-36-41(28-40(31)45)46(39-24-21-29-11-7-8-16-35(29)42(36)39)34-22-19-30(20-23-34)43-44-37-17-9-10-18-38(37)47(43)33-14-5-2-6-15-33/h1-6,9-10,12-15,17-20,22-23,27-29,35,39,42-44H,7-8,11,16,21,24-26H2. The lowest BCUT2D eigenvalue weighted by atomic mass is 9.62. The SMILES string of the molecule is c1ccc(N2CCc3cc4c(cc32)N(c2ccc(C3Nc5ccccc5N3c3ccccc3)cc2)C2CCC3CCCCC3C42)cc1. The molecule has 0 saturated heterocycles. The summed E-state index contributed by atoms with van der Waals surface area (Å²) in [6.45, 7) is 1.06. The normalized spacial score (nSPS) is 25.4. The van der Waals surface area contributed by atoms with Crippen molar-refractivity contribution in [3.05, 3.63) is 138 Å². The van der Waals surface area contributed by atoms with Gasteiger partial charge in [0.15, 0.2) is 0 Å². The zero-order valence-corrected chi connectivity index (χ0v) is 26.9. The molecule has 3 heterocycles. The molecule has 47 heavy (non-hydrogen) atoms. The number of fused-ring (bicyclic) bond motifs is 7. The Morgan fingerprint density at radius 2 is 1.30 bits per heavy atom. The van der Waals surface area contributed by atoms with Crippen LogP contribution in [0.1, 0.15) is 67.3 Å². The second kappa shape index (κ2) is 10.9. The molecule has 0 amide bonds. The Hall–Kier alpha value is -4.70. The average Bonchev–Trinajstić information content (AvgIpc) is 3.83. The Balaban J connectivity index is 1.05. The number of hydrogen-bond acceptors (Lipinski definition) is 4. The van der Waals surface area contributed by atoms with Crippen LogP contribution in [0.4, 0.5) is 39.8 Å². The van der Waals surface area contributed by atoms with Crippen LogP contribution in [-0.4, -0.2) is 12.6 Å². The molecule has 0 aromatic heterocycles. The van der Waals surface area contributed by atoms with Gasteiger partial charge in [0.2, 0.25) is 0 Å². The summed E-state index contributed by atoms with van der Waals surface area (Å²) < 4.78 is 0. The molecule has 2 aliphatic carbocycles. The van der Waals surface area contributed by atoms with Crippen LogP contribution < -0.4 is 20.0 Å². The number of benzene rings is 5. The maximum Gasteiger partial charge on any atom is 0.130 e. The van der Waals surface area contributed by atoms with E-state index in [1.54, 1.807) is 5.56 Å². The van der Waals surface area contributed by atoms with Crippen molar-refractivity contribution in [3.63, 3.8) is 0 Å². The third-order valence-corrected chi connectivity index (χ3v) is 12.1. The van der Waals surface area contributed by atoms with Crippen LogP contribution in [0.15, 0.2) is 121 Å². The number of para-hydroxylation sites is 4. The molecule has 0 spiro atoms. The van der Waals surface area contributed by atoms with Crippen LogP contribution in [0.5, 0.6) is 0 Å². The van der Waals surface area contributed by atoms with Gasteiger partial charge in [-0.2, -0.15) is 0 Å². The summed E-state index contributed by atoms with van der Waals surface area (Å²) in [5.74, 6) is 2.35. The molecule has 2 fully saturated rings. The molecule has 5 aliphatic rings. The lowest BCUT2D eigenvalue weighted by Gasteiger charge is -2.45. The molecule has 0 bridgehead atoms. The summed E-state index contributed by atoms with van der Waals surface area (Å²) in [5, 5.41) is 3.84. The fourth-order valence-corrected chi connectivity index (χ4v) is 10.0. The fraction of sp³-hybridized carbons (Fsp3) is 0.302. The molecule has 5 atom stereocenters. The van der Waals surface area contributed by atoms with Crippen molar-refractivity contribution in [2.75, 3.05) is 26.6 Å². The van der Waals surface area contributed by atoms with Gasteiger partial charge in [0, 0.05) is 46.9 Å². The zero-order chi connectivity index (χ0) is 30.9. The minimum Gasteiger partial charge on any atom is -0.359 e. The highest BCUT2D eigenvalue weighted by Gasteiger charge is 2.49. The Kier molecular flexibility index (Phi) is 6.38. The summed E-state index contributed by atoms with van der Waals surface area (Å²) in [6, 6.07) is 45.8. The largest absolute Gasteiger partial charge is 0.359 e. The quantitative estimate of drug-likeness (QED) is 0.217. The van der Waals surface area contributed by atoms with E-state index in [2.05, 4.69) is 141 Å². The summed E-state index contributed by atoms with van der Waals surface area (Å²) >= 11 is 0. The average molecular weight is 615 g/mol. The number of nitrogens with zero attached hydrogens (tertiary/aromatic N) is 3. The molecule has 2 saturated carbocycles. The van der Waals surface area contributed by atoms with Gasteiger partial charge in [0.1, 0.15) is 6.17 Å². The van der Waals surface area contributed by atoms with Crippen molar-refractivity contribution < 1.29 is 0 Å². The molecule has 5 unspecified atom stereocenters. The fourth-order valence-electron chi connectivity index (χ4n) is 10.0. The molecule has 10 rings (SSSR count). The monoisotopic (exact) mass is 614 g/mol. The van der Waals surface area contributed by atoms with Crippen LogP contribution >= 0.6 is 0 Å². The van der Waals surface area contributed by atoms with Crippen LogP contribution in [0, 0.1) is 11.8 Å². The van der Waals surface area contributed by atoms with Gasteiger partial charge in [-0.15, -0.1) is 0 Å². The van der Waals surface area contributed by atoms with Crippen molar-refractivity contribution in [3.8, 4) is 0 Å². The van der Waals surface area contributed by atoms with Gasteiger partial charge >= 0.3 is 0 Å². The van der Waals surface area contributed by atoms with Crippen LogP contribution in [-0.2, 0) is 6.42 Å². The Morgan fingerprint density at radius 3 is 2.13 bits per heavy atom. The maximum absolute atomic E-state index is 3.84. The summed E-state index contributed by atoms with van der Waals surface area (Å²) in [4.78, 5) is 7.75. The first kappa shape index (κ1) is 27.4. The van der Waals surface area contributed by atoms with Gasteiger partial charge < -0.3 is 20.0 Å². The topological polar surface area (TPSA) is 21.8 Å². The number of nitrogens with one attached hydrogen (secondary N) is 1. The van der Waals surface area contributed by atoms with E-state index in [9.17, 15) is 0 Å². The minimum atomic E-state index is 0.0443. The first-order valence-corrected chi connectivity index (χ1v) is 17.9. The second-order valence-electron chi connectivity index (χ2n) is 14.4. The molecule has 234 valence electrons. The molecule has 4 nitrogen and oxygen atoms in total. The smallest absolute Gasteiger partial charge is 0.130 e. The van der Waals surface area contributed by atoms with Crippen LogP contribution in [0.3, 0.4) is 0 Å². The molecule has 4 heteroatoms. The van der Waals surface area contributed by atoms with E-state index in [4.69, 9.17) is 0 Å². The third kappa shape index (κ3) is 4.34. The van der Waals surface area contributed by atoms with Crippen molar-refractivity contribution in [1.29, 1.82) is 0 Å². The van der Waals surface area contributed by atoms with Crippen molar-refractivity contribution in [2.45, 2.75) is 63.1 Å². The Bertz CT molecular complexity index is 1920. The lowest BCUT2D eigenvalue weighted by Crippen LogP contribution is -2.41. The van der Waals surface area contributed by atoms with E-state index in [1.165, 1.54) is 89.5 Å². The molecule has 3 aliphatic heterocycles. The van der Waals surface area contributed by atoms with Gasteiger partial charge in [-0.05, 0) is 109 Å². The highest BCUT2D eigenvalue weighted by molar-refractivity contribution is 5.84. The van der Waals surface area contributed by atoms with Gasteiger partial charge in [-0.3, -0.25) is 0 Å². The van der Waals surface area contributed by atoms with E-state index in [0.29, 0.717) is 12.0 Å². The summed E-state index contributed by atoms with van der Waals surface area (Å²) in [7, 11) is 0. The number of rotatable bonds is 4. The van der Waals surface area contributed by atoms with E-state index >= 15 is 0 Å². The van der Waals surface area contributed by atoms with Crippen molar-refractivity contribution in [1.82, 2.24) is 0 Å². The van der Waals surface area contributed by atoms with E-state index in [-0.39, 0.29) is 6.17 Å². The highest BCUT2D eigenvalue weighted by Crippen LogP contribution is 2.59. The predicted molar refractivity (Wildman–Crippen MR) is 195 cm³/mol. The lowest BCUT2D eigenvalue weighted by molar-refractivity contribution is 0.135. The molecular formula is C43H42N4. The first-order valence-electron chi connectivity index (χ1n) is 17.9. The molecule has 0 radical (unpaired) electrons. The Morgan fingerprint density at radius 1 is 0.574 bits per heavy atom. The number of hydrogen-bond donors (Lipinski definition) is 1. The van der Waals surface area contributed by atoms with Gasteiger partial charge in [0.05, 0.1) is 11.4 Å². The molecular weight excluding hydrogens is 573 g/mol. The van der Waals surface area contributed by atoms with Crippen molar-refractivity contribution >= 4 is 39.8 Å². The second-order valence-corrected chi connectivity index (χ2v) is 14.4. The van der Waals surface area contributed by atoms with E-state index < -0.39 is 0 Å². The molecule has 5 aromatic rings. The minimum absolute atomic E-state index is 0.0443. The first-order chi connectivity index (χ1) is 23.3. The number of anilines is 7. The molecule has 5 aromatic carbocycles. The maximum atomic E-state index is 3.84. The van der Waals surface area contributed by atoms with Gasteiger partial charge in [0.25, 0.3) is 0 Å². The predicted octanol–water partition coefficient (Wildman–Crippen LogP) is 10.8. The third-order valence-electron chi connectivity index (χ3n) is 12.1. The van der Waals surface area contributed by atoms with Crippen molar-refractivity contribution in [2.24, 2.45) is 11.8 Å².